The van der Waals surface area contributed by atoms with E-state index in [1.165, 1.54) is 6.20 Å². The van der Waals surface area contributed by atoms with E-state index in [-0.39, 0.29) is 4.88 Å². The van der Waals surface area contributed by atoms with Crippen molar-refractivity contribution in [2.75, 3.05) is 5.32 Å². The SMILES string of the molecule is Cc1cc(Cl)nc(Nc2ncc(C(=O)O)s2)n1. The van der Waals surface area contributed by atoms with Crippen molar-refractivity contribution in [1.29, 1.82) is 0 Å². The number of hydrogen-bond acceptors (Lipinski definition) is 6. The van der Waals surface area contributed by atoms with Gasteiger partial charge in [-0.1, -0.05) is 22.9 Å². The van der Waals surface area contributed by atoms with Crippen LogP contribution in [0.2, 0.25) is 5.15 Å². The molecule has 0 aliphatic heterocycles. The van der Waals surface area contributed by atoms with E-state index in [0.29, 0.717) is 21.9 Å². The van der Waals surface area contributed by atoms with Crippen molar-refractivity contribution in [3.8, 4) is 0 Å². The summed E-state index contributed by atoms with van der Waals surface area (Å²) in [5.74, 6) is -0.722. The number of aromatic nitrogens is 3. The lowest BCUT2D eigenvalue weighted by atomic mass is 10.5. The zero-order valence-corrected chi connectivity index (χ0v) is 10.2. The largest absolute Gasteiger partial charge is 0.477 e. The Morgan fingerprint density at radius 3 is 2.88 bits per heavy atom. The lowest BCUT2D eigenvalue weighted by Gasteiger charge is -2.01. The van der Waals surface area contributed by atoms with Crippen LogP contribution in [0.4, 0.5) is 11.1 Å². The molecule has 0 aliphatic rings. The van der Waals surface area contributed by atoms with Gasteiger partial charge >= 0.3 is 5.97 Å². The van der Waals surface area contributed by atoms with Crippen LogP contribution in [0.3, 0.4) is 0 Å². The molecule has 0 aliphatic carbocycles. The number of halogens is 1. The molecule has 0 fully saturated rings. The van der Waals surface area contributed by atoms with Crippen LogP contribution in [0.15, 0.2) is 12.3 Å². The molecular formula is C9H7ClN4O2S. The molecule has 0 radical (unpaired) electrons. The molecule has 0 saturated carbocycles. The minimum Gasteiger partial charge on any atom is -0.477 e. The second kappa shape index (κ2) is 4.64. The van der Waals surface area contributed by atoms with E-state index in [4.69, 9.17) is 16.7 Å². The van der Waals surface area contributed by atoms with E-state index < -0.39 is 5.97 Å². The molecule has 0 amide bonds. The van der Waals surface area contributed by atoms with Crippen molar-refractivity contribution in [2.45, 2.75) is 6.92 Å². The topological polar surface area (TPSA) is 88.0 Å². The molecule has 6 nitrogen and oxygen atoms in total. The average Bonchev–Trinajstić information content (AvgIpc) is 2.64. The fraction of sp³-hybridized carbons (Fsp3) is 0.111. The first kappa shape index (κ1) is 11.7. The van der Waals surface area contributed by atoms with E-state index >= 15 is 0 Å². The maximum atomic E-state index is 10.7. The minimum atomic E-state index is -1.02. The lowest BCUT2D eigenvalue weighted by Crippen LogP contribution is -1.97. The monoisotopic (exact) mass is 270 g/mol. The highest BCUT2D eigenvalue weighted by Crippen LogP contribution is 2.21. The molecule has 0 bridgehead atoms. The molecule has 0 saturated heterocycles. The van der Waals surface area contributed by atoms with Crippen molar-refractivity contribution in [1.82, 2.24) is 15.0 Å². The Morgan fingerprint density at radius 1 is 1.53 bits per heavy atom. The van der Waals surface area contributed by atoms with Gasteiger partial charge in [-0.05, 0) is 13.0 Å². The van der Waals surface area contributed by atoms with Crippen LogP contribution in [0.5, 0.6) is 0 Å². The summed E-state index contributed by atoms with van der Waals surface area (Å²) in [5, 5.41) is 12.3. The number of thiazole rings is 1. The predicted octanol–water partition coefficient (Wildman–Crippen LogP) is 2.34. The maximum absolute atomic E-state index is 10.7. The van der Waals surface area contributed by atoms with Crippen LogP contribution in [0.1, 0.15) is 15.4 Å². The zero-order chi connectivity index (χ0) is 12.4. The van der Waals surface area contributed by atoms with E-state index in [1.807, 2.05) is 0 Å². The first-order valence-electron chi connectivity index (χ1n) is 4.52. The third kappa shape index (κ3) is 2.89. The van der Waals surface area contributed by atoms with Gasteiger partial charge in [0.25, 0.3) is 0 Å². The van der Waals surface area contributed by atoms with Crippen LogP contribution in [-0.4, -0.2) is 26.0 Å². The summed E-state index contributed by atoms with van der Waals surface area (Å²) in [7, 11) is 0. The second-order valence-electron chi connectivity index (χ2n) is 3.12. The maximum Gasteiger partial charge on any atom is 0.347 e. The molecule has 88 valence electrons. The Labute approximate surface area is 105 Å². The van der Waals surface area contributed by atoms with Gasteiger partial charge in [-0.3, -0.25) is 5.32 Å². The predicted molar refractivity (Wildman–Crippen MR) is 64.1 cm³/mol. The molecular weight excluding hydrogens is 264 g/mol. The van der Waals surface area contributed by atoms with E-state index in [2.05, 4.69) is 20.3 Å². The highest BCUT2D eigenvalue weighted by molar-refractivity contribution is 7.17. The summed E-state index contributed by atoms with van der Waals surface area (Å²) < 4.78 is 0. The Hall–Kier alpha value is -1.73. The van der Waals surface area contributed by atoms with Gasteiger partial charge in [0.05, 0.1) is 6.20 Å². The summed E-state index contributed by atoms with van der Waals surface area (Å²) in [6.45, 7) is 1.78. The number of rotatable bonds is 3. The molecule has 2 heterocycles. The van der Waals surface area contributed by atoms with Crippen molar-refractivity contribution in [3.05, 3.63) is 28.0 Å². The van der Waals surface area contributed by atoms with E-state index in [0.717, 1.165) is 11.3 Å². The summed E-state index contributed by atoms with van der Waals surface area (Å²) in [4.78, 5) is 22.7. The standard InChI is InChI=1S/C9H7ClN4O2S/c1-4-2-6(10)13-8(12-4)14-9-11-3-5(17-9)7(15)16/h2-3H,1H3,(H,15,16)(H,11,12,13,14). The van der Waals surface area contributed by atoms with Gasteiger partial charge in [-0.25, -0.2) is 19.7 Å². The minimum absolute atomic E-state index is 0.145. The first-order valence-corrected chi connectivity index (χ1v) is 5.71. The average molecular weight is 271 g/mol. The summed E-state index contributed by atoms with van der Waals surface area (Å²) >= 11 is 6.77. The third-order valence-electron chi connectivity index (χ3n) is 1.76. The highest BCUT2D eigenvalue weighted by Gasteiger charge is 2.09. The number of aromatic carboxylic acids is 1. The van der Waals surface area contributed by atoms with Gasteiger partial charge < -0.3 is 5.11 Å². The number of carboxylic acids is 1. The van der Waals surface area contributed by atoms with Gasteiger partial charge in [-0.2, -0.15) is 0 Å². The van der Waals surface area contributed by atoms with Crippen molar-refractivity contribution >= 4 is 40.0 Å². The summed E-state index contributed by atoms with van der Waals surface area (Å²) in [6, 6.07) is 1.62. The molecule has 0 spiro atoms. The Kier molecular flexibility index (Phi) is 3.21. The van der Waals surface area contributed by atoms with Gasteiger partial charge in [0.1, 0.15) is 10.0 Å². The molecule has 0 atom stereocenters. The molecule has 2 aromatic heterocycles. The Bertz CT molecular complexity index is 552. The number of nitrogens with zero attached hydrogens (tertiary/aromatic N) is 3. The fourth-order valence-electron chi connectivity index (χ4n) is 1.11. The number of carboxylic acid groups (broad SMARTS) is 1. The summed E-state index contributed by atoms with van der Waals surface area (Å²) in [6.07, 6.45) is 1.27. The number of anilines is 2. The molecule has 2 aromatic rings. The number of hydrogen-bond donors (Lipinski definition) is 2. The third-order valence-corrected chi connectivity index (χ3v) is 2.85. The van der Waals surface area contributed by atoms with Gasteiger partial charge in [0, 0.05) is 5.69 Å². The number of nitrogens with one attached hydrogen (secondary N) is 1. The van der Waals surface area contributed by atoms with Crippen LogP contribution in [0, 0.1) is 6.92 Å². The molecule has 2 rings (SSSR count). The molecule has 0 aromatic carbocycles. The molecule has 0 unspecified atom stereocenters. The van der Waals surface area contributed by atoms with Gasteiger partial charge in [-0.15, -0.1) is 0 Å². The van der Waals surface area contributed by atoms with Gasteiger partial charge in [0.15, 0.2) is 5.13 Å². The van der Waals surface area contributed by atoms with Gasteiger partial charge in [0.2, 0.25) is 5.95 Å². The van der Waals surface area contributed by atoms with Crippen LogP contribution in [0.25, 0.3) is 0 Å². The second-order valence-corrected chi connectivity index (χ2v) is 4.53. The van der Waals surface area contributed by atoms with Crippen LogP contribution >= 0.6 is 22.9 Å². The van der Waals surface area contributed by atoms with Crippen molar-refractivity contribution in [3.63, 3.8) is 0 Å². The Balaban J connectivity index is 2.22. The lowest BCUT2D eigenvalue weighted by molar-refractivity contribution is 0.0702. The highest BCUT2D eigenvalue weighted by atomic mass is 35.5. The van der Waals surface area contributed by atoms with Crippen LogP contribution < -0.4 is 5.32 Å². The van der Waals surface area contributed by atoms with Crippen molar-refractivity contribution < 1.29 is 9.90 Å². The first-order chi connectivity index (χ1) is 8.04. The fourth-order valence-corrected chi connectivity index (χ4v) is 2.00. The van der Waals surface area contributed by atoms with E-state index in [9.17, 15) is 4.79 Å². The number of aryl methyl sites for hydroxylation is 1. The molecule has 17 heavy (non-hydrogen) atoms. The van der Waals surface area contributed by atoms with E-state index in [1.54, 1.807) is 13.0 Å². The number of carbonyl (C=O) groups is 1. The zero-order valence-electron chi connectivity index (χ0n) is 8.64. The summed E-state index contributed by atoms with van der Waals surface area (Å²) in [5.41, 5.74) is 0.711. The quantitative estimate of drug-likeness (QED) is 0.832. The van der Waals surface area contributed by atoms with Crippen LogP contribution in [-0.2, 0) is 0 Å². The van der Waals surface area contributed by atoms with Crippen molar-refractivity contribution in [2.24, 2.45) is 0 Å². The normalized spacial score (nSPS) is 10.2. The Morgan fingerprint density at radius 2 is 2.29 bits per heavy atom. The molecule has 8 heteroatoms. The smallest absolute Gasteiger partial charge is 0.347 e. The molecule has 2 N–H and O–H groups in total.